The van der Waals surface area contributed by atoms with E-state index in [1.165, 1.54) is 0 Å². The minimum atomic E-state index is 0.278. The van der Waals surface area contributed by atoms with Crippen LogP contribution in [0.4, 0.5) is 5.69 Å². The van der Waals surface area contributed by atoms with Crippen LogP contribution in [0, 0.1) is 0 Å². The molecule has 3 rings (SSSR count). The summed E-state index contributed by atoms with van der Waals surface area (Å²) in [6.07, 6.45) is 3.70. The number of phenolic OH excluding ortho intramolecular Hbond substituents is 1. The molecule has 0 amide bonds. The third kappa shape index (κ3) is 0.907. The minimum absolute atomic E-state index is 0.278. The van der Waals surface area contributed by atoms with Gasteiger partial charge in [0.1, 0.15) is 11.6 Å². The fourth-order valence-corrected chi connectivity index (χ4v) is 1.73. The second kappa shape index (κ2) is 2.51. The van der Waals surface area contributed by atoms with E-state index in [2.05, 4.69) is 10.3 Å². The van der Waals surface area contributed by atoms with Gasteiger partial charge in [-0.1, -0.05) is 0 Å². The molecule has 2 N–H and O–H groups in total. The average molecular weight is 187 g/mol. The predicted octanol–water partition coefficient (Wildman–Crippen LogP) is 1.50. The maximum atomic E-state index is 9.32. The van der Waals surface area contributed by atoms with Gasteiger partial charge in [0.2, 0.25) is 0 Å². The van der Waals surface area contributed by atoms with Crippen LogP contribution in [0.5, 0.6) is 5.75 Å². The summed E-state index contributed by atoms with van der Waals surface area (Å²) in [6.45, 7) is 0.698. The molecule has 1 aromatic heterocycles. The number of fused-ring (bicyclic) bond motifs is 3. The molecule has 4 nitrogen and oxygen atoms in total. The van der Waals surface area contributed by atoms with E-state index in [1.807, 2.05) is 16.8 Å². The number of hydrogen-bond donors (Lipinski definition) is 2. The molecule has 1 aromatic carbocycles. The molecular formula is C10H9N3O. The van der Waals surface area contributed by atoms with Crippen molar-refractivity contribution in [3.8, 4) is 11.4 Å². The summed E-state index contributed by atoms with van der Waals surface area (Å²) in [5.74, 6) is 1.27. The van der Waals surface area contributed by atoms with E-state index in [-0.39, 0.29) is 5.75 Å². The standard InChI is InChI=1S/C10H9N3O/c14-7-1-2-9-8(5-7)12-6-10-11-3-4-13(9)10/h1-5,12,14H,6H2. The van der Waals surface area contributed by atoms with Crippen LogP contribution in [-0.2, 0) is 6.54 Å². The molecule has 0 spiro atoms. The van der Waals surface area contributed by atoms with Crippen LogP contribution < -0.4 is 5.32 Å². The molecule has 2 aromatic rings. The van der Waals surface area contributed by atoms with Crippen LogP contribution in [-0.4, -0.2) is 14.7 Å². The Balaban J connectivity index is 2.26. The van der Waals surface area contributed by atoms with E-state index in [9.17, 15) is 5.11 Å². The first-order valence-electron chi connectivity index (χ1n) is 4.44. The highest BCUT2D eigenvalue weighted by Crippen LogP contribution is 2.29. The molecule has 70 valence electrons. The second-order valence-electron chi connectivity index (χ2n) is 3.27. The number of hydrogen-bond acceptors (Lipinski definition) is 3. The lowest BCUT2D eigenvalue weighted by atomic mass is 10.2. The molecule has 0 saturated carbocycles. The van der Waals surface area contributed by atoms with Crippen LogP contribution in [0.15, 0.2) is 30.6 Å². The highest BCUT2D eigenvalue weighted by atomic mass is 16.3. The number of aromatic hydroxyl groups is 1. The monoisotopic (exact) mass is 187 g/mol. The van der Waals surface area contributed by atoms with E-state index >= 15 is 0 Å². The van der Waals surface area contributed by atoms with Crippen molar-refractivity contribution in [3.63, 3.8) is 0 Å². The van der Waals surface area contributed by atoms with Crippen LogP contribution >= 0.6 is 0 Å². The fraction of sp³-hybridized carbons (Fsp3) is 0.100. The predicted molar refractivity (Wildman–Crippen MR) is 52.6 cm³/mol. The van der Waals surface area contributed by atoms with Crippen LogP contribution in [0.3, 0.4) is 0 Å². The molecule has 1 aliphatic heterocycles. The number of nitrogens with one attached hydrogen (secondary N) is 1. The average Bonchev–Trinajstić information content (AvgIpc) is 2.65. The van der Waals surface area contributed by atoms with Gasteiger partial charge in [0.25, 0.3) is 0 Å². The number of aromatic nitrogens is 2. The number of nitrogens with zero attached hydrogens (tertiary/aromatic N) is 2. The Labute approximate surface area is 80.8 Å². The number of rotatable bonds is 0. The summed E-state index contributed by atoms with van der Waals surface area (Å²) in [7, 11) is 0. The molecule has 0 saturated heterocycles. The van der Waals surface area contributed by atoms with Crippen molar-refractivity contribution in [1.29, 1.82) is 0 Å². The van der Waals surface area contributed by atoms with E-state index < -0.39 is 0 Å². The van der Waals surface area contributed by atoms with E-state index in [0.717, 1.165) is 17.2 Å². The molecule has 0 bridgehead atoms. The third-order valence-electron chi connectivity index (χ3n) is 2.39. The molecule has 0 fully saturated rings. The van der Waals surface area contributed by atoms with Crippen molar-refractivity contribution >= 4 is 5.69 Å². The first-order chi connectivity index (χ1) is 6.84. The van der Waals surface area contributed by atoms with Gasteiger partial charge in [-0.25, -0.2) is 4.98 Å². The van der Waals surface area contributed by atoms with Gasteiger partial charge < -0.3 is 15.0 Å². The number of imidazole rings is 1. The highest BCUT2D eigenvalue weighted by Gasteiger charge is 2.14. The zero-order valence-corrected chi connectivity index (χ0v) is 7.44. The summed E-state index contributed by atoms with van der Waals surface area (Å²) in [5.41, 5.74) is 1.97. The summed E-state index contributed by atoms with van der Waals surface area (Å²) in [6, 6.07) is 5.27. The van der Waals surface area contributed by atoms with Gasteiger partial charge in [-0.2, -0.15) is 0 Å². The van der Waals surface area contributed by atoms with Crippen molar-refractivity contribution in [2.45, 2.75) is 6.54 Å². The van der Waals surface area contributed by atoms with Gasteiger partial charge in [0.05, 0.1) is 17.9 Å². The Morgan fingerprint density at radius 3 is 3.29 bits per heavy atom. The zero-order valence-electron chi connectivity index (χ0n) is 7.44. The summed E-state index contributed by atoms with van der Waals surface area (Å²) in [4.78, 5) is 4.22. The van der Waals surface area contributed by atoms with Crippen molar-refractivity contribution in [2.24, 2.45) is 0 Å². The Bertz CT molecular complexity index is 490. The fourth-order valence-electron chi connectivity index (χ4n) is 1.73. The Morgan fingerprint density at radius 2 is 2.36 bits per heavy atom. The molecule has 0 aliphatic carbocycles. The lowest BCUT2D eigenvalue weighted by Gasteiger charge is -2.19. The Hall–Kier alpha value is -1.97. The molecule has 4 heteroatoms. The molecule has 0 radical (unpaired) electrons. The quantitative estimate of drug-likeness (QED) is 0.657. The van der Waals surface area contributed by atoms with Gasteiger partial charge in [-0.05, 0) is 12.1 Å². The molecular weight excluding hydrogens is 178 g/mol. The van der Waals surface area contributed by atoms with Gasteiger partial charge in [-0.3, -0.25) is 0 Å². The minimum Gasteiger partial charge on any atom is -0.508 e. The van der Waals surface area contributed by atoms with Crippen LogP contribution in [0.1, 0.15) is 5.82 Å². The van der Waals surface area contributed by atoms with Crippen molar-refractivity contribution in [2.75, 3.05) is 5.32 Å². The summed E-state index contributed by atoms with van der Waals surface area (Å²) in [5, 5.41) is 12.5. The first kappa shape index (κ1) is 7.44. The topological polar surface area (TPSA) is 50.1 Å². The smallest absolute Gasteiger partial charge is 0.132 e. The van der Waals surface area contributed by atoms with Crippen LogP contribution in [0.25, 0.3) is 5.69 Å². The van der Waals surface area contributed by atoms with Gasteiger partial charge in [0.15, 0.2) is 0 Å². The van der Waals surface area contributed by atoms with Gasteiger partial charge >= 0.3 is 0 Å². The lowest BCUT2D eigenvalue weighted by Crippen LogP contribution is -2.14. The maximum absolute atomic E-state index is 9.32. The van der Waals surface area contributed by atoms with Crippen molar-refractivity contribution in [3.05, 3.63) is 36.4 Å². The molecule has 0 unspecified atom stereocenters. The lowest BCUT2D eigenvalue weighted by molar-refractivity contribution is 0.475. The Kier molecular flexibility index (Phi) is 1.33. The largest absolute Gasteiger partial charge is 0.508 e. The molecule has 14 heavy (non-hydrogen) atoms. The maximum Gasteiger partial charge on any atom is 0.132 e. The van der Waals surface area contributed by atoms with Crippen molar-refractivity contribution in [1.82, 2.24) is 9.55 Å². The summed E-state index contributed by atoms with van der Waals surface area (Å²) >= 11 is 0. The normalized spacial score (nSPS) is 12.9. The van der Waals surface area contributed by atoms with Gasteiger partial charge in [-0.15, -0.1) is 0 Å². The highest BCUT2D eigenvalue weighted by molar-refractivity contribution is 5.65. The zero-order chi connectivity index (χ0) is 9.54. The molecule has 2 heterocycles. The van der Waals surface area contributed by atoms with Crippen LogP contribution in [0.2, 0.25) is 0 Å². The summed E-state index contributed by atoms with van der Waals surface area (Å²) < 4.78 is 2.02. The van der Waals surface area contributed by atoms with Gasteiger partial charge in [0, 0.05) is 18.5 Å². The Morgan fingerprint density at radius 1 is 1.43 bits per heavy atom. The number of benzene rings is 1. The molecule has 0 atom stereocenters. The number of anilines is 1. The number of phenols is 1. The SMILES string of the molecule is Oc1ccc2c(c1)NCc1nccn1-2. The second-order valence-corrected chi connectivity index (χ2v) is 3.27. The first-order valence-corrected chi connectivity index (χ1v) is 4.44. The van der Waals surface area contributed by atoms with E-state index in [0.29, 0.717) is 6.54 Å². The van der Waals surface area contributed by atoms with E-state index in [4.69, 9.17) is 0 Å². The molecule has 1 aliphatic rings. The van der Waals surface area contributed by atoms with Crippen molar-refractivity contribution < 1.29 is 5.11 Å². The third-order valence-corrected chi connectivity index (χ3v) is 2.39. The van der Waals surface area contributed by atoms with E-state index in [1.54, 1.807) is 18.3 Å².